The second kappa shape index (κ2) is 4.68. The fourth-order valence-corrected chi connectivity index (χ4v) is 2.40. The number of nitrogens with two attached hydrogens (primary N) is 1. The van der Waals surface area contributed by atoms with Crippen molar-refractivity contribution in [1.29, 1.82) is 0 Å². The van der Waals surface area contributed by atoms with E-state index in [-0.39, 0.29) is 18.3 Å². The molecule has 0 amide bonds. The maximum atomic E-state index is 13.1. The van der Waals surface area contributed by atoms with Crippen LogP contribution >= 0.6 is 0 Å². The Bertz CT molecular complexity index is 340. The van der Waals surface area contributed by atoms with E-state index in [0.717, 1.165) is 6.42 Å². The quantitative estimate of drug-likeness (QED) is 0.879. The van der Waals surface area contributed by atoms with Crippen molar-refractivity contribution in [3.05, 3.63) is 12.7 Å². The smallest absolute Gasteiger partial charge is 0.248 e. The van der Waals surface area contributed by atoms with Gasteiger partial charge in [-0.15, -0.1) is 0 Å². The van der Waals surface area contributed by atoms with Crippen molar-refractivity contribution in [3.8, 4) is 0 Å². The average molecular weight is 244 g/mol. The van der Waals surface area contributed by atoms with Crippen molar-refractivity contribution in [2.75, 3.05) is 6.54 Å². The molecule has 1 saturated carbocycles. The van der Waals surface area contributed by atoms with Crippen LogP contribution in [0.25, 0.3) is 0 Å². The lowest BCUT2D eigenvalue weighted by atomic mass is 9.70. The molecule has 0 bridgehead atoms. The first-order valence-electron chi connectivity index (χ1n) is 5.96. The van der Waals surface area contributed by atoms with Gasteiger partial charge in [0.25, 0.3) is 0 Å². The summed E-state index contributed by atoms with van der Waals surface area (Å²) in [6.45, 7) is 1.17. The number of hydrogen-bond acceptors (Lipinski definition) is 3. The van der Waals surface area contributed by atoms with Crippen LogP contribution in [0.1, 0.15) is 32.1 Å². The molecule has 6 heteroatoms. The summed E-state index contributed by atoms with van der Waals surface area (Å²) in [4.78, 5) is 3.86. The van der Waals surface area contributed by atoms with Gasteiger partial charge in [-0.25, -0.2) is 13.8 Å². The van der Waals surface area contributed by atoms with Gasteiger partial charge in [-0.05, 0) is 31.2 Å². The van der Waals surface area contributed by atoms with Crippen LogP contribution in [0.3, 0.4) is 0 Å². The standard InChI is InChI=1S/C11H18F2N4/c12-11(13)3-1-10(7-14,2-4-11)5-6-17-9-15-8-16-17/h8-9H,1-7,14H2. The fourth-order valence-electron chi connectivity index (χ4n) is 2.40. The van der Waals surface area contributed by atoms with Crippen molar-refractivity contribution < 1.29 is 8.78 Å². The van der Waals surface area contributed by atoms with E-state index in [9.17, 15) is 8.78 Å². The highest BCUT2D eigenvalue weighted by Gasteiger charge is 2.42. The zero-order valence-corrected chi connectivity index (χ0v) is 9.78. The van der Waals surface area contributed by atoms with Gasteiger partial charge in [-0.3, -0.25) is 4.68 Å². The Hall–Kier alpha value is -1.04. The number of rotatable bonds is 4. The molecule has 4 nitrogen and oxygen atoms in total. The maximum absolute atomic E-state index is 13.1. The number of alkyl halides is 2. The van der Waals surface area contributed by atoms with Crippen molar-refractivity contribution >= 4 is 0 Å². The highest BCUT2D eigenvalue weighted by Crippen LogP contribution is 2.45. The molecule has 0 unspecified atom stereocenters. The second-order valence-corrected chi connectivity index (χ2v) is 4.97. The third-order valence-electron chi connectivity index (χ3n) is 3.81. The van der Waals surface area contributed by atoms with Gasteiger partial charge in [0.1, 0.15) is 12.7 Å². The first kappa shape index (κ1) is 12.4. The zero-order valence-electron chi connectivity index (χ0n) is 9.78. The molecule has 17 heavy (non-hydrogen) atoms. The topological polar surface area (TPSA) is 56.7 Å². The van der Waals surface area contributed by atoms with Crippen LogP contribution in [0.5, 0.6) is 0 Å². The van der Waals surface area contributed by atoms with E-state index in [4.69, 9.17) is 5.73 Å². The zero-order chi connectivity index (χ0) is 12.4. The Kier molecular flexibility index (Phi) is 3.42. The molecule has 2 rings (SSSR count). The summed E-state index contributed by atoms with van der Waals surface area (Å²) in [5.41, 5.74) is 5.63. The molecule has 96 valence electrons. The minimum absolute atomic E-state index is 0.0401. The third kappa shape index (κ3) is 3.00. The Morgan fingerprint density at radius 1 is 1.24 bits per heavy atom. The van der Waals surface area contributed by atoms with Gasteiger partial charge in [0.2, 0.25) is 5.92 Å². The van der Waals surface area contributed by atoms with Crippen molar-refractivity contribution in [2.45, 2.75) is 44.6 Å². The van der Waals surface area contributed by atoms with E-state index in [2.05, 4.69) is 10.1 Å². The van der Waals surface area contributed by atoms with Crippen molar-refractivity contribution in [2.24, 2.45) is 11.1 Å². The molecule has 1 aliphatic rings. The van der Waals surface area contributed by atoms with Gasteiger partial charge >= 0.3 is 0 Å². The van der Waals surface area contributed by atoms with E-state index in [1.54, 1.807) is 11.0 Å². The number of halogens is 2. The van der Waals surface area contributed by atoms with Gasteiger partial charge in [-0.1, -0.05) is 0 Å². The van der Waals surface area contributed by atoms with Crippen LogP contribution in [-0.4, -0.2) is 27.2 Å². The monoisotopic (exact) mass is 244 g/mol. The lowest BCUT2D eigenvalue weighted by Gasteiger charge is -2.39. The molecule has 0 aliphatic heterocycles. The second-order valence-electron chi connectivity index (χ2n) is 4.97. The van der Waals surface area contributed by atoms with Crippen LogP contribution in [0, 0.1) is 5.41 Å². The average Bonchev–Trinajstić information content (AvgIpc) is 2.82. The highest BCUT2D eigenvalue weighted by molar-refractivity contribution is 4.89. The van der Waals surface area contributed by atoms with Gasteiger partial charge in [0.05, 0.1) is 0 Å². The number of hydrogen-bond donors (Lipinski definition) is 1. The number of aryl methyl sites for hydroxylation is 1. The van der Waals surface area contributed by atoms with Gasteiger partial charge in [-0.2, -0.15) is 5.10 Å². The van der Waals surface area contributed by atoms with E-state index in [1.807, 2.05) is 0 Å². The minimum atomic E-state index is -2.49. The summed E-state index contributed by atoms with van der Waals surface area (Å²) >= 11 is 0. The molecule has 0 saturated heterocycles. The summed E-state index contributed by atoms with van der Waals surface area (Å²) in [5.74, 6) is -2.49. The first-order chi connectivity index (χ1) is 8.05. The molecule has 1 fully saturated rings. The molecule has 1 aromatic heterocycles. The largest absolute Gasteiger partial charge is 0.330 e. The van der Waals surface area contributed by atoms with Crippen molar-refractivity contribution in [1.82, 2.24) is 14.8 Å². The molecule has 2 N–H and O–H groups in total. The van der Waals surface area contributed by atoms with Gasteiger partial charge in [0.15, 0.2) is 0 Å². The molecular formula is C11H18F2N4. The Morgan fingerprint density at radius 3 is 2.47 bits per heavy atom. The first-order valence-corrected chi connectivity index (χ1v) is 5.96. The summed E-state index contributed by atoms with van der Waals surface area (Å²) in [6, 6.07) is 0. The maximum Gasteiger partial charge on any atom is 0.248 e. The summed E-state index contributed by atoms with van der Waals surface area (Å²) in [7, 11) is 0. The number of nitrogens with zero attached hydrogens (tertiary/aromatic N) is 3. The summed E-state index contributed by atoms with van der Waals surface area (Å²) in [6.07, 6.45) is 4.84. The molecule has 1 heterocycles. The molecule has 0 spiro atoms. The Balaban J connectivity index is 1.92. The van der Waals surface area contributed by atoms with Gasteiger partial charge < -0.3 is 5.73 Å². The van der Waals surface area contributed by atoms with E-state index in [0.29, 0.717) is 25.9 Å². The normalized spacial score (nSPS) is 22.5. The predicted molar refractivity (Wildman–Crippen MR) is 59.5 cm³/mol. The van der Waals surface area contributed by atoms with Crippen LogP contribution in [-0.2, 0) is 6.54 Å². The Morgan fingerprint density at radius 2 is 1.94 bits per heavy atom. The van der Waals surface area contributed by atoms with E-state index < -0.39 is 5.92 Å². The lowest BCUT2D eigenvalue weighted by molar-refractivity contribution is -0.0677. The van der Waals surface area contributed by atoms with Gasteiger partial charge in [0, 0.05) is 19.4 Å². The lowest BCUT2D eigenvalue weighted by Crippen LogP contribution is -2.39. The molecule has 1 aromatic rings. The summed E-state index contributed by atoms with van der Waals surface area (Å²) < 4.78 is 28.0. The SMILES string of the molecule is NCC1(CCn2cncn2)CCC(F)(F)CC1. The number of aromatic nitrogens is 3. The van der Waals surface area contributed by atoms with Crippen LogP contribution in [0.2, 0.25) is 0 Å². The van der Waals surface area contributed by atoms with Crippen LogP contribution in [0.4, 0.5) is 8.78 Å². The molecule has 1 aliphatic carbocycles. The van der Waals surface area contributed by atoms with E-state index in [1.165, 1.54) is 6.33 Å². The fraction of sp³-hybridized carbons (Fsp3) is 0.818. The summed E-state index contributed by atoms with van der Waals surface area (Å²) in [5, 5.41) is 4.01. The Labute approximate surface area is 99.2 Å². The molecular weight excluding hydrogens is 226 g/mol. The van der Waals surface area contributed by atoms with Crippen LogP contribution in [0.15, 0.2) is 12.7 Å². The molecule has 0 aromatic carbocycles. The minimum Gasteiger partial charge on any atom is -0.330 e. The molecule has 0 atom stereocenters. The van der Waals surface area contributed by atoms with Crippen molar-refractivity contribution in [3.63, 3.8) is 0 Å². The molecule has 0 radical (unpaired) electrons. The highest BCUT2D eigenvalue weighted by atomic mass is 19.3. The van der Waals surface area contributed by atoms with E-state index >= 15 is 0 Å². The van der Waals surface area contributed by atoms with Crippen LogP contribution < -0.4 is 5.73 Å². The predicted octanol–water partition coefficient (Wildman–Crippen LogP) is 1.82. The third-order valence-corrected chi connectivity index (χ3v) is 3.81.